The molecule has 2 atom stereocenters. The molecule has 2 aromatic rings. The van der Waals surface area contributed by atoms with E-state index in [4.69, 9.17) is 5.84 Å². The molecule has 1 aliphatic rings. The van der Waals surface area contributed by atoms with Crippen molar-refractivity contribution in [1.29, 1.82) is 0 Å². The van der Waals surface area contributed by atoms with E-state index < -0.39 is 0 Å². The number of aromatic nitrogens is 1. The van der Waals surface area contributed by atoms with Crippen LogP contribution in [0.5, 0.6) is 0 Å². The lowest BCUT2D eigenvalue weighted by molar-refractivity contribution is 0.494. The normalized spacial score (nSPS) is 21.4. The summed E-state index contributed by atoms with van der Waals surface area (Å²) in [6.45, 7) is 0. The predicted octanol–water partition coefficient (Wildman–Crippen LogP) is 3.02. The number of fused-ring (bicyclic) bond motifs is 1. The van der Waals surface area contributed by atoms with Gasteiger partial charge < -0.3 is 0 Å². The van der Waals surface area contributed by atoms with Crippen molar-refractivity contribution in [3.05, 3.63) is 42.2 Å². The number of nitrogens with one attached hydrogen (secondary N) is 1. The highest BCUT2D eigenvalue weighted by Crippen LogP contribution is 2.36. The summed E-state index contributed by atoms with van der Waals surface area (Å²) in [5.41, 5.74) is 4.30. The van der Waals surface area contributed by atoms with Crippen molar-refractivity contribution in [2.24, 2.45) is 5.84 Å². The van der Waals surface area contributed by atoms with E-state index >= 15 is 0 Å². The van der Waals surface area contributed by atoms with Gasteiger partial charge in [-0.25, -0.2) is 0 Å². The third-order valence-electron chi connectivity index (χ3n) is 3.82. The second-order valence-corrected chi connectivity index (χ2v) is 6.34. The quantitative estimate of drug-likeness (QED) is 0.666. The van der Waals surface area contributed by atoms with Crippen LogP contribution in [0.15, 0.2) is 36.7 Å². The molecule has 1 aliphatic heterocycles. The van der Waals surface area contributed by atoms with Crippen molar-refractivity contribution in [2.75, 3.05) is 5.75 Å². The third kappa shape index (κ3) is 2.61. The highest BCUT2D eigenvalue weighted by Gasteiger charge is 2.25. The minimum absolute atomic E-state index is 0.207. The monoisotopic (exact) mass is 273 g/mol. The molecule has 1 aromatic carbocycles. The molecule has 2 unspecified atom stereocenters. The van der Waals surface area contributed by atoms with Crippen LogP contribution in [0.4, 0.5) is 0 Å². The zero-order chi connectivity index (χ0) is 13.1. The highest BCUT2D eigenvalue weighted by molar-refractivity contribution is 8.00. The van der Waals surface area contributed by atoms with Crippen LogP contribution in [0.2, 0.25) is 0 Å². The first-order valence-electron chi connectivity index (χ1n) is 6.80. The number of nitrogens with zero attached hydrogens (tertiary/aromatic N) is 1. The summed E-state index contributed by atoms with van der Waals surface area (Å²) in [4.78, 5) is 4.26. The Bertz CT molecular complexity index is 547. The molecule has 2 heterocycles. The van der Waals surface area contributed by atoms with Crippen LogP contribution in [0.3, 0.4) is 0 Å². The van der Waals surface area contributed by atoms with E-state index in [2.05, 4.69) is 34.7 Å². The first kappa shape index (κ1) is 12.9. The van der Waals surface area contributed by atoms with Crippen LogP contribution in [-0.2, 0) is 0 Å². The lowest BCUT2D eigenvalue weighted by Crippen LogP contribution is -2.36. The summed E-state index contributed by atoms with van der Waals surface area (Å²) >= 11 is 2.04. The molecule has 100 valence electrons. The van der Waals surface area contributed by atoms with Crippen molar-refractivity contribution < 1.29 is 0 Å². The van der Waals surface area contributed by atoms with E-state index in [1.807, 2.05) is 24.2 Å². The van der Waals surface area contributed by atoms with Gasteiger partial charge in [-0.3, -0.25) is 16.3 Å². The summed E-state index contributed by atoms with van der Waals surface area (Å²) in [5.74, 6) is 7.08. The summed E-state index contributed by atoms with van der Waals surface area (Å²) in [6, 6.07) is 8.67. The van der Waals surface area contributed by atoms with Gasteiger partial charge in [-0.1, -0.05) is 24.6 Å². The lowest BCUT2D eigenvalue weighted by atomic mass is 9.96. The Morgan fingerprint density at radius 1 is 1.32 bits per heavy atom. The number of thioether (sulfide) groups is 1. The van der Waals surface area contributed by atoms with E-state index in [-0.39, 0.29) is 6.04 Å². The molecule has 0 bridgehead atoms. The summed E-state index contributed by atoms with van der Waals surface area (Å²) < 4.78 is 0. The van der Waals surface area contributed by atoms with Crippen LogP contribution in [0.1, 0.15) is 30.9 Å². The van der Waals surface area contributed by atoms with Crippen molar-refractivity contribution in [3.63, 3.8) is 0 Å². The van der Waals surface area contributed by atoms with E-state index in [0.717, 1.165) is 0 Å². The third-order valence-corrected chi connectivity index (χ3v) is 5.28. The summed E-state index contributed by atoms with van der Waals surface area (Å²) in [6.07, 6.45) is 7.65. The fraction of sp³-hybridized carbons (Fsp3) is 0.400. The Kier molecular flexibility index (Phi) is 4.01. The van der Waals surface area contributed by atoms with Gasteiger partial charge >= 0.3 is 0 Å². The Hall–Kier alpha value is -1.10. The van der Waals surface area contributed by atoms with Gasteiger partial charge in [-0.2, -0.15) is 11.8 Å². The number of nitrogens with two attached hydrogens (primary N) is 1. The fourth-order valence-electron chi connectivity index (χ4n) is 2.83. The van der Waals surface area contributed by atoms with Gasteiger partial charge in [0.05, 0.1) is 6.04 Å². The average Bonchev–Trinajstić information content (AvgIpc) is 2.49. The molecular formula is C15H19N3S. The Balaban J connectivity index is 2.00. The van der Waals surface area contributed by atoms with Gasteiger partial charge in [0, 0.05) is 23.0 Å². The second kappa shape index (κ2) is 5.90. The van der Waals surface area contributed by atoms with Crippen molar-refractivity contribution in [2.45, 2.75) is 30.6 Å². The van der Waals surface area contributed by atoms with Crippen molar-refractivity contribution in [1.82, 2.24) is 10.4 Å². The largest absolute Gasteiger partial charge is 0.271 e. The van der Waals surface area contributed by atoms with Gasteiger partial charge in [0.15, 0.2) is 0 Å². The molecule has 1 fully saturated rings. The number of benzene rings is 1. The second-order valence-electron chi connectivity index (χ2n) is 4.99. The molecule has 4 heteroatoms. The van der Waals surface area contributed by atoms with Crippen LogP contribution in [0, 0.1) is 0 Å². The lowest BCUT2D eigenvalue weighted by Gasteiger charge is -2.30. The molecule has 1 saturated heterocycles. The minimum atomic E-state index is 0.207. The molecule has 0 aliphatic carbocycles. The topological polar surface area (TPSA) is 50.9 Å². The van der Waals surface area contributed by atoms with Gasteiger partial charge in [-0.05, 0) is 35.6 Å². The predicted molar refractivity (Wildman–Crippen MR) is 81.9 cm³/mol. The number of hydrazine groups is 1. The number of hydrogen-bond donors (Lipinski definition) is 2. The molecule has 0 spiro atoms. The van der Waals surface area contributed by atoms with Gasteiger partial charge in [-0.15, -0.1) is 0 Å². The van der Waals surface area contributed by atoms with E-state index in [1.165, 1.54) is 41.4 Å². The molecule has 19 heavy (non-hydrogen) atoms. The van der Waals surface area contributed by atoms with Gasteiger partial charge in [0.25, 0.3) is 0 Å². The fourth-order valence-corrected chi connectivity index (χ4v) is 4.26. The molecule has 3 nitrogen and oxygen atoms in total. The minimum Gasteiger partial charge on any atom is -0.271 e. The molecular weight excluding hydrogens is 254 g/mol. The zero-order valence-corrected chi connectivity index (χ0v) is 11.7. The average molecular weight is 273 g/mol. The summed E-state index contributed by atoms with van der Waals surface area (Å²) in [5, 5.41) is 3.00. The standard InChI is InChI=1S/C15H19N3S/c16-18-15(14-6-1-2-9-19-14)12-5-3-4-11-7-8-17-10-13(11)12/h3-5,7-8,10,14-15,18H,1-2,6,9,16H2. The molecule has 1 aromatic heterocycles. The molecule has 3 rings (SSSR count). The molecule has 0 amide bonds. The Morgan fingerprint density at radius 3 is 3.05 bits per heavy atom. The van der Waals surface area contributed by atoms with Crippen LogP contribution in [0.25, 0.3) is 10.8 Å². The first-order chi connectivity index (χ1) is 9.40. The Morgan fingerprint density at radius 2 is 2.26 bits per heavy atom. The van der Waals surface area contributed by atoms with Crippen molar-refractivity contribution >= 4 is 22.5 Å². The maximum absolute atomic E-state index is 5.84. The van der Waals surface area contributed by atoms with E-state index in [1.54, 1.807) is 0 Å². The first-order valence-corrected chi connectivity index (χ1v) is 7.85. The van der Waals surface area contributed by atoms with Crippen molar-refractivity contribution in [3.8, 4) is 0 Å². The zero-order valence-electron chi connectivity index (χ0n) is 10.9. The summed E-state index contributed by atoms with van der Waals surface area (Å²) in [7, 11) is 0. The van der Waals surface area contributed by atoms with Crippen LogP contribution >= 0.6 is 11.8 Å². The molecule has 0 saturated carbocycles. The Labute approximate surface area is 117 Å². The number of pyridine rings is 1. The molecule has 0 radical (unpaired) electrons. The maximum atomic E-state index is 5.84. The SMILES string of the molecule is NNC(c1cccc2ccncc12)C1CCCCS1. The molecule has 3 N–H and O–H groups in total. The van der Waals surface area contributed by atoms with Crippen LogP contribution in [-0.4, -0.2) is 16.0 Å². The van der Waals surface area contributed by atoms with E-state index in [9.17, 15) is 0 Å². The van der Waals surface area contributed by atoms with E-state index in [0.29, 0.717) is 5.25 Å². The number of rotatable bonds is 3. The number of hydrogen-bond acceptors (Lipinski definition) is 4. The smallest absolute Gasteiger partial charge is 0.0585 e. The van der Waals surface area contributed by atoms with Crippen LogP contribution < -0.4 is 11.3 Å². The van der Waals surface area contributed by atoms with Gasteiger partial charge in [0.2, 0.25) is 0 Å². The maximum Gasteiger partial charge on any atom is 0.0585 e. The van der Waals surface area contributed by atoms with Gasteiger partial charge in [0.1, 0.15) is 0 Å². The highest BCUT2D eigenvalue weighted by atomic mass is 32.2.